The number of piperazine rings is 1. The molecule has 1 saturated carbocycles. The van der Waals surface area contributed by atoms with Crippen molar-refractivity contribution in [2.75, 3.05) is 36.9 Å². The Balaban J connectivity index is 1.22. The smallest absolute Gasteiger partial charge is 0.319 e. The molecule has 3 N–H and O–H groups in total. The van der Waals surface area contributed by atoms with E-state index in [1.54, 1.807) is 0 Å². The number of halogens is 2. The van der Waals surface area contributed by atoms with Crippen LogP contribution in [0.4, 0.5) is 20.4 Å². The van der Waals surface area contributed by atoms with Crippen molar-refractivity contribution in [1.29, 1.82) is 0 Å². The van der Waals surface area contributed by atoms with E-state index in [0.29, 0.717) is 61.2 Å². The van der Waals surface area contributed by atoms with Gasteiger partial charge in [0.1, 0.15) is 47.1 Å². The number of pyridine rings is 2. The van der Waals surface area contributed by atoms with E-state index in [0.717, 1.165) is 42.4 Å². The zero-order valence-corrected chi connectivity index (χ0v) is 25.7. The zero-order chi connectivity index (χ0) is 30.8. The maximum atomic E-state index is 17.0. The first-order valence-electron chi connectivity index (χ1n) is 16.2. The fourth-order valence-electron chi connectivity index (χ4n) is 8.93. The molecular weight excluding hydrogens is 578 g/mol. The second kappa shape index (κ2) is 9.68. The summed E-state index contributed by atoms with van der Waals surface area (Å²) in [4.78, 5) is 23.5. The van der Waals surface area contributed by atoms with Gasteiger partial charge < -0.3 is 25.4 Å². The molecule has 5 fully saturated rings. The number of nitrogens with two attached hydrogens (primary N) is 1. The number of anilines is 2. The Bertz CT molecular complexity index is 1770. The average molecular weight is 617 g/mol. The molecule has 0 radical (unpaired) electrons. The highest BCUT2D eigenvalue weighted by Gasteiger charge is 2.51. The van der Waals surface area contributed by atoms with Gasteiger partial charge in [0.2, 0.25) is 5.88 Å². The molecule has 12 heteroatoms. The molecule has 0 aromatic carbocycles. The Kier molecular flexibility index (Phi) is 5.95. The molecular formula is C33H38F2N8O2. The van der Waals surface area contributed by atoms with Crippen LogP contribution in [-0.2, 0) is 0 Å². The van der Waals surface area contributed by atoms with E-state index in [1.807, 2.05) is 19.9 Å². The van der Waals surface area contributed by atoms with Gasteiger partial charge in [-0.15, -0.1) is 0 Å². The second-order valence-corrected chi connectivity index (χ2v) is 14.2. The van der Waals surface area contributed by atoms with Gasteiger partial charge in [-0.3, -0.25) is 4.90 Å². The third-order valence-corrected chi connectivity index (χ3v) is 10.9. The molecule has 8 heterocycles. The van der Waals surface area contributed by atoms with Gasteiger partial charge in [0, 0.05) is 38.1 Å². The van der Waals surface area contributed by atoms with Crippen LogP contribution in [-0.4, -0.2) is 87.0 Å². The number of ether oxygens (including phenoxy) is 2. The molecule has 0 amide bonds. The van der Waals surface area contributed by atoms with Gasteiger partial charge in [-0.05, 0) is 69.1 Å². The third kappa shape index (κ3) is 4.24. The molecule has 45 heavy (non-hydrogen) atoms. The lowest BCUT2D eigenvalue weighted by molar-refractivity contribution is 0.107. The Morgan fingerprint density at radius 2 is 2.00 bits per heavy atom. The number of aromatic nitrogens is 4. The predicted octanol–water partition coefficient (Wildman–Crippen LogP) is 4.21. The Labute approximate surface area is 260 Å². The molecule has 1 aliphatic carbocycles. The Morgan fingerprint density at radius 1 is 1.16 bits per heavy atom. The third-order valence-electron chi connectivity index (χ3n) is 10.9. The fraction of sp³-hybridized carbons (Fsp3) is 0.576. The molecule has 6 atom stereocenters. The maximum absolute atomic E-state index is 17.0. The summed E-state index contributed by atoms with van der Waals surface area (Å²) in [6, 6.07) is 2.35. The normalized spacial score (nSPS) is 32.0. The lowest BCUT2D eigenvalue weighted by atomic mass is 9.93. The maximum Gasteiger partial charge on any atom is 0.319 e. The summed E-state index contributed by atoms with van der Waals surface area (Å²) in [5.41, 5.74) is 9.29. The number of rotatable bonds is 5. The van der Waals surface area contributed by atoms with Crippen molar-refractivity contribution in [3.05, 3.63) is 35.2 Å². The number of alkyl halides is 1. The first-order valence-corrected chi connectivity index (χ1v) is 16.2. The van der Waals surface area contributed by atoms with Crippen molar-refractivity contribution in [3.63, 3.8) is 0 Å². The molecule has 2 bridgehead atoms. The van der Waals surface area contributed by atoms with Gasteiger partial charge in [0.25, 0.3) is 0 Å². The summed E-state index contributed by atoms with van der Waals surface area (Å²) in [5.74, 6) is 0.846. The van der Waals surface area contributed by atoms with Gasteiger partial charge in [-0.2, -0.15) is 9.97 Å². The molecule has 6 aliphatic rings. The van der Waals surface area contributed by atoms with E-state index in [-0.39, 0.29) is 53.8 Å². The van der Waals surface area contributed by atoms with Crippen molar-refractivity contribution >= 4 is 22.5 Å². The molecule has 10 nitrogen and oxygen atoms in total. The lowest BCUT2D eigenvalue weighted by Gasteiger charge is -2.42. The van der Waals surface area contributed by atoms with E-state index in [9.17, 15) is 4.39 Å². The van der Waals surface area contributed by atoms with E-state index in [4.69, 9.17) is 30.2 Å². The van der Waals surface area contributed by atoms with Crippen molar-refractivity contribution in [2.24, 2.45) is 0 Å². The van der Waals surface area contributed by atoms with Crippen LogP contribution in [0.3, 0.4) is 0 Å². The number of nitrogen functional groups attached to an aromatic ring is 1. The Hall–Kier alpha value is -3.64. The summed E-state index contributed by atoms with van der Waals surface area (Å²) in [7, 11) is 0. The van der Waals surface area contributed by atoms with E-state index < -0.39 is 17.5 Å². The quantitative estimate of drug-likeness (QED) is 0.404. The number of fused-ring (bicyclic) bond motifs is 6. The molecule has 236 valence electrons. The zero-order valence-electron chi connectivity index (χ0n) is 25.7. The second-order valence-electron chi connectivity index (χ2n) is 14.2. The van der Waals surface area contributed by atoms with Crippen LogP contribution in [0.2, 0.25) is 0 Å². The highest BCUT2D eigenvalue weighted by molar-refractivity contribution is 5.97. The number of hydrogen-bond donors (Lipinski definition) is 2. The van der Waals surface area contributed by atoms with Crippen LogP contribution < -0.4 is 25.4 Å². The van der Waals surface area contributed by atoms with Crippen LogP contribution in [0, 0.1) is 12.7 Å². The number of nitrogens with zero attached hydrogens (tertiary/aromatic N) is 6. The van der Waals surface area contributed by atoms with Gasteiger partial charge in [-0.25, -0.2) is 18.7 Å². The topological polar surface area (TPSA) is 115 Å². The van der Waals surface area contributed by atoms with E-state index in [1.165, 1.54) is 0 Å². The fourth-order valence-corrected chi connectivity index (χ4v) is 8.93. The highest BCUT2D eigenvalue weighted by atomic mass is 19.1. The van der Waals surface area contributed by atoms with E-state index in [2.05, 4.69) is 26.7 Å². The van der Waals surface area contributed by atoms with Crippen molar-refractivity contribution in [3.8, 4) is 23.3 Å². The first-order chi connectivity index (χ1) is 21.7. The molecule has 3 aromatic rings. The SMILES string of the molecule is C=C1CN2C[C@H](F)CC2(COc2nc3c4c(nc(-c5nc(N)cc(C)c5C5CC5)c(F)c4n2)O[C@@H](C)[C@@H]2[C@@H]4CC[C@H](CN32)N4)C1. The molecule has 1 unspecified atom stereocenters. The van der Waals surface area contributed by atoms with Gasteiger partial charge >= 0.3 is 6.01 Å². The van der Waals surface area contributed by atoms with Crippen LogP contribution >= 0.6 is 0 Å². The van der Waals surface area contributed by atoms with Crippen molar-refractivity contribution < 1.29 is 18.3 Å². The van der Waals surface area contributed by atoms with Gasteiger partial charge in [0.15, 0.2) is 5.82 Å². The number of hydrogen-bond acceptors (Lipinski definition) is 10. The molecule has 9 rings (SSSR count). The van der Waals surface area contributed by atoms with E-state index >= 15 is 4.39 Å². The Morgan fingerprint density at radius 3 is 2.82 bits per heavy atom. The van der Waals surface area contributed by atoms with Crippen molar-refractivity contribution in [1.82, 2.24) is 30.2 Å². The minimum atomic E-state index is -0.928. The molecule has 0 spiro atoms. The van der Waals surface area contributed by atoms with Crippen molar-refractivity contribution in [2.45, 2.75) is 94.2 Å². The standard InChI is InChI=1S/C33H38F2N8O2/c1-15-9-33(10-19(34)12-42(33)11-15)14-44-32-40-26-24-30(41-32)43-13-20-6-7-21(37-20)29(43)17(3)45-31(24)39-28(25(26)35)27-23(18-4-5-18)16(2)8-22(36)38-27/h8,17-21,29,37H,1,4-7,9-14H2,2-3H3,(H2,36,38)/t17-,19+,20+,21-,29+,33?/m0/s1. The number of nitrogens with one attached hydrogen (secondary N) is 1. The summed E-state index contributed by atoms with van der Waals surface area (Å²) in [5, 5.41) is 4.18. The van der Waals surface area contributed by atoms with Crippen LogP contribution in [0.25, 0.3) is 22.3 Å². The minimum Gasteiger partial charge on any atom is -0.472 e. The average Bonchev–Trinajstić information content (AvgIpc) is 3.62. The summed E-state index contributed by atoms with van der Waals surface area (Å²) >= 11 is 0. The summed E-state index contributed by atoms with van der Waals surface area (Å²) < 4.78 is 44.6. The number of aryl methyl sites for hydroxylation is 1. The van der Waals surface area contributed by atoms with Gasteiger partial charge in [0.05, 0.1) is 17.3 Å². The lowest BCUT2D eigenvalue weighted by Crippen LogP contribution is -2.62. The summed E-state index contributed by atoms with van der Waals surface area (Å²) in [6.07, 6.45) is 3.92. The van der Waals surface area contributed by atoms with Crippen LogP contribution in [0.15, 0.2) is 18.2 Å². The van der Waals surface area contributed by atoms with Crippen LogP contribution in [0.1, 0.15) is 62.5 Å². The molecule has 4 saturated heterocycles. The van der Waals surface area contributed by atoms with Crippen LogP contribution in [0.5, 0.6) is 11.9 Å². The molecule has 5 aliphatic heterocycles. The predicted molar refractivity (Wildman–Crippen MR) is 166 cm³/mol. The highest BCUT2D eigenvalue weighted by Crippen LogP contribution is 2.49. The first kappa shape index (κ1) is 27.7. The minimum absolute atomic E-state index is 0.0421. The largest absolute Gasteiger partial charge is 0.472 e. The summed E-state index contributed by atoms with van der Waals surface area (Å²) in [6.45, 7) is 10.1. The monoisotopic (exact) mass is 616 g/mol. The molecule has 3 aromatic heterocycles. The van der Waals surface area contributed by atoms with Gasteiger partial charge in [-0.1, -0.05) is 12.2 Å².